The highest BCUT2D eigenvalue weighted by Gasteiger charge is 2.22. The standard InChI is InChI=1S/C16H21N3O/c1-11-7-8-14-13(9-11)15(18-17-14)16(20)19(2)10-12-5-3-4-6-12/h7-9,12H,3-6,10H2,1-2H3,(H,17,18). The lowest BCUT2D eigenvalue weighted by Gasteiger charge is -2.20. The summed E-state index contributed by atoms with van der Waals surface area (Å²) in [6.45, 7) is 2.88. The fourth-order valence-electron chi connectivity index (χ4n) is 3.13. The lowest BCUT2D eigenvalue weighted by Crippen LogP contribution is -2.31. The first-order valence-electron chi connectivity index (χ1n) is 7.35. The molecule has 4 heteroatoms. The van der Waals surface area contributed by atoms with Crippen molar-refractivity contribution in [1.29, 1.82) is 0 Å². The van der Waals surface area contributed by atoms with Crippen molar-refractivity contribution in [2.45, 2.75) is 32.6 Å². The Hall–Kier alpha value is -1.84. The Labute approximate surface area is 119 Å². The summed E-state index contributed by atoms with van der Waals surface area (Å²) in [4.78, 5) is 14.4. The van der Waals surface area contributed by atoms with E-state index in [0.29, 0.717) is 11.6 Å². The van der Waals surface area contributed by atoms with E-state index in [-0.39, 0.29) is 5.91 Å². The minimum Gasteiger partial charge on any atom is -0.340 e. The van der Waals surface area contributed by atoms with Crippen molar-refractivity contribution in [3.8, 4) is 0 Å². The molecule has 0 saturated heterocycles. The van der Waals surface area contributed by atoms with E-state index >= 15 is 0 Å². The molecule has 0 spiro atoms. The maximum Gasteiger partial charge on any atom is 0.274 e. The van der Waals surface area contributed by atoms with Crippen LogP contribution in [-0.4, -0.2) is 34.6 Å². The molecule has 0 unspecified atom stereocenters. The number of rotatable bonds is 3. The third kappa shape index (κ3) is 2.42. The third-order valence-corrected chi connectivity index (χ3v) is 4.27. The minimum absolute atomic E-state index is 0.0220. The number of hydrogen-bond donors (Lipinski definition) is 1. The zero-order valence-electron chi connectivity index (χ0n) is 12.1. The molecule has 0 bridgehead atoms. The van der Waals surface area contributed by atoms with E-state index in [1.54, 1.807) is 0 Å². The van der Waals surface area contributed by atoms with Gasteiger partial charge < -0.3 is 4.90 Å². The highest BCUT2D eigenvalue weighted by Crippen LogP contribution is 2.26. The number of nitrogens with zero attached hydrogens (tertiary/aromatic N) is 2. The van der Waals surface area contributed by atoms with Gasteiger partial charge >= 0.3 is 0 Å². The second-order valence-electron chi connectivity index (χ2n) is 5.96. The van der Waals surface area contributed by atoms with Crippen LogP contribution in [-0.2, 0) is 0 Å². The first kappa shape index (κ1) is 13.2. The smallest absolute Gasteiger partial charge is 0.274 e. The number of amides is 1. The zero-order valence-corrected chi connectivity index (χ0v) is 12.1. The van der Waals surface area contributed by atoms with Crippen molar-refractivity contribution < 1.29 is 4.79 Å². The maximum absolute atomic E-state index is 12.6. The van der Waals surface area contributed by atoms with Crippen molar-refractivity contribution in [3.05, 3.63) is 29.5 Å². The summed E-state index contributed by atoms with van der Waals surface area (Å²) >= 11 is 0. The molecule has 1 N–H and O–H groups in total. The van der Waals surface area contributed by atoms with Crippen LogP contribution < -0.4 is 0 Å². The molecule has 20 heavy (non-hydrogen) atoms. The molecule has 1 saturated carbocycles. The maximum atomic E-state index is 12.6. The van der Waals surface area contributed by atoms with E-state index in [0.717, 1.165) is 23.0 Å². The molecule has 1 aliphatic carbocycles. The molecule has 1 amide bonds. The number of aryl methyl sites for hydroxylation is 1. The van der Waals surface area contributed by atoms with Crippen LogP contribution in [0.5, 0.6) is 0 Å². The number of hydrogen-bond acceptors (Lipinski definition) is 2. The predicted molar refractivity (Wildman–Crippen MR) is 79.7 cm³/mol. The molecule has 2 aromatic rings. The first-order chi connectivity index (χ1) is 9.65. The van der Waals surface area contributed by atoms with Gasteiger partial charge in [0.05, 0.1) is 5.52 Å². The molecule has 0 radical (unpaired) electrons. The topological polar surface area (TPSA) is 49.0 Å². The van der Waals surface area contributed by atoms with Gasteiger partial charge in [0, 0.05) is 19.0 Å². The van der Waals surface area contributed by atoms with E-state index in [9.17, 15) is 4.79 Å². The van der Waals surface area contributed by atoms with Crippen molar-refractivity contribution in [3.63, 3.8) is 0 Å². The number of nitrogens with one attached hydrogen (secondary N) is 1. The molecule has 1 heterocycles. The second-order valence-corrected chi connectivity index (χ2v) is 5.96. The molecule has 106 valence electrons. The minimum atomic E-state index is 0.0220. The summed E-state index contributed by atoms with van der Waals surface area (Å²) in [6.07, 6.45) is 5.10. The van der Waals surface area contributed by atoms with Crippen LogP contribution in [0.1, 0.15) is 41.7 Å². The molecule has 1 aromatic heterocycles. The van der Waals surface area contributed by atoms with Gasteiger partial charge in [0.1, 0.15) is 0 Å². The number of H-pyrrole nitrogens is 1. The van der Waals surface area contributed by atoms with Crippen LogP contribution in [0.4, 0.5) is 0 Å². The second kappa shape index (κ2) is 5.27. The summed E-state index contributed by atoms with van der Waals surface area (Å²) in [7, 11) is 1.89. The number of aromatic amines is 1. The van der Waals surface area contributed by atoms with Gasteiger partial charge in [-0.2, -0.15) is 5.10 Å². The lowest BCUT2D eigenvalue weighted by molar-refractivity contribution is 0.0769. The molecule has 1 aromatic carbocycles. The number of benzene rings is 1. The first-order valence-corrected chi connectivity index (χ1v) is 7.35. The van der Waals surface area contributed by atoms with Gasteiger partial charge in [0.25, 0.3) is 5.91 Å². The summed E-state index contributed by atoms with van der Waals surface area (Å²) in [6, 6.07) is 6.03. The fourth-order valence-corrected chi connectivity index (χ4v) is 3.13. The van der Waals surface area contributed by atoms with Crippen LogP contribution in [0.2, 0.25) is 0 Å². The Balaban J connectivity index is 1.82. The largest absolute Gasteiger partial charge is 0.340 e. The number of aromatic nitrogens is 2. The van der Waals surface area contributed by atoms with Gasteiger partial charge in [-0.25, -0.2) is 0 Å². The van der Waals surface area contributed by atoms with Crippen LogP contribution in [0.25, 0.3) is 10.9 Å². The van der Waals surface area contributed by atoms with Crippen molar-refractivity contribution in [2.24, 2.45) is 5.92 Å². The van der Waals surface area contributed by atoms with Gasteiger partial charge in [-0.1, -0.05) is 24.5 Å². The number of carbonyl (C=O) groups is 1. The Kier molecular flexibility index (Phi) is 3.47. The monoisotopic (exact) mass is 271 g/mol. The van der Waals surface area contributed by atoms with Crippen LogP contribution in [0, 0.1) is 12.8 Å². The SMILES string of the molecule is Cc1ccc2[nH]nc(C(=O)N(C)CC3CCCC3)c2c1. The predicted octanol–water partition coefficient (Wildman–Crippen LogP) is 3.13. The summed E-state index contributed by atoms with van der Waals surface area (Å²) in [5.74, 6) is 0.685. The van der Waals surface area contributed by atoms with Gasteiger partial charge in [0.2, 0.25) is 0 Å². The Morgan fingerprint density at radius 3 is 2.90 bits per heavy atom. The third-order valence-electron chi connectivity index (χ3n) is 4.27. The normalized spacial score (nSPS) is 15.9. The molecule has 0 aliphatic heterocycles. The highest BCUT2D eigenvalue weighted by molar-refractivity contribution is 6.04. The molecular weight excluding hydrogens is 250 g/mol. The Morgan fingerprint density at radius 2 is 2.15 bits per heavy atom. The van der Waals surface area contributed by atoms with E-state index < -0.39 is 0 Å². The quantitative estimate of drug-likeness (QED) is 0.932. The average molecular weight is 271 g/mol. The van der Waals surface area contributed by atoms with Gasteiger partial charge in [-0.05, 0) is 37.8 Å². The molecule has 4 nitrogen and oxygen atoms in total. The fraction of sp³-hybridized carbons (Fsp3) is 0.500. The van der Waals surface area contributed by atoms with E-state index in [1.165, 1.54) is 25.7 Å². The molecule has 0 atom stereocenters. The summed E-state index contributed by atoms with van der Waals surface area (Å²) < 4.78 is 0. The molecular formula is C16H21N3O. The Bertz CT molecular complexity index is 626. The van der Waals surface area contributed by atoms with Crippen LogP contribution in [0.3, 0.4) is 0 Å². The van der Waals surface area contributed by atoms with Crippen molar-refractivity contribution in [2.75, 3.05) is 13.6 Å². The molecule has 1 aliphatic rings. The van der Waals surface area contributed by atoms with Crippen LogP contribution in [0.15, 0.2) is 18.2 Å². The zero-order chi connectivity index (χ0) is 14.1. The van der Waals surface area contributed by atoms with Gasteiger partial charge in [-0.3, -0.25) is 9.89 Å². The van der Waals surface area contributed by atoms with E-state index in [2.05, 4.69) is 10.2 Å². The highest BCUT2D eigenvalue weighted by atomic mass is 16.2. The van der Waals surface area contributed by atoms with Gasteiger partial charge in [0.15, 0.2) is 5.69 Å². The summed E-state index contributed by atoms with van der Waals surface area (Å²) in [5.41, 5.74) is 2.61. The number of fused-ring (bicyclic) bond motifs is 1. The lowest BCUT2D eigenvalue weighted by atomic mass is 10.1. The van der Waals surface area contributed by atoms with Crippen LogP contribution >= 0.6 is 0 Å². The van der Waals surface area contributed by atoms with E-state index in [1.807, 2.05) is 37.1 Å². The average Bonchev–Trinajstić information content (AvgIpc) is 3.06. The van der Waals surface area contributed by atoms with Crippen molar-refractivity contribution in [1.82, 2.24) is 15.1 Å². The summed E-state index contributed by atoms with van der Waals surface area (Å²) in [5, 5.41) is 8.09. The molecule has 1 fully saturated rings. The van der Waals surface area contributed by atoms with Gasteiger partial charge in [-0.15, -0.1) is 0 Å². The van der Waals surface area contributed by atoms with E-state index in [4.69, 9.17) is 0 Å². The molecule has 3 rings (SSSR count). The number of carbonyl (C=O) groups excluding carboxylic acids is 1. The Morgan fingerprint density at radius 1 is 1.40 bits per heavy atom. The van der Waals surface area contributed by atoms with Crippen molar-refractivity contribution >= 4 is 16.8 Å².